The number of morpholine rings is 1. The highest BCUT2D eigenvalue weighted by Gasteiger charge is 2.42. The number of nitrogens with one attached hydrogen (secondary N) is 3. The van der Waals surface area contributed by atoms with Crippen molar-refractivity contribution in [1.29, 1.82) is 0 Å². The molecule has 3 atom stereocenters. The number of fused-ring (bicyclic) bond motifs is 1. The molecular weight excluding hydrogens is 634 g/mol. The fraction of sp³-hybridized carbons (Fsp3) is 0.514. The fourth-order valence-corrected chi connectivity index (χ4v) is 6.52. The standard InChI is InChI=1S/C35H46ClN7O5/c1-21(37-5)33(45)41-31(35(2,3)4)34(46)43-11-7-8-28(43)29(44)17-22-16-24-26(19-30(22)47-6)38-20-39-32(24)40-23-9-10-27(25(36)18-23)42-12-14-48-15-13-42/h9-10,16,18-21,28,31,37H,7-8,11-15,17H2,1-6H3,(H,41,45)(H,38,39,40)/t21-,28-,31+/m0/s1. The number of carbonyl (C=O) groups is 3. The summed E-state index contributed by atoms with van der Waals surface area (Å²) in [5.41, 5.74) is 2.46. The first-order chi connectivity index (χ1) is 22.9. The molecular formula is C35H46ClN7O5. The SMILES string of the molecule is CN[C@@H](C)C(=O)N[C@H](C(=O)N1CCC[C@H]1C(=O)Cc1cc2c(Nc3ccc(N4CCOCC4)c(Cl)c3)ncnc2cc1OC)C(C)(C)C. The zero-order valence-corrected chi connectivity index (χ0v) is 29.3. The van der Waals surface area contributed by atoms with Crippen LogP contribution in [0.2, 0.25) is 5.02 Å². The summed E-state index contributed by atoms with van der Waals surface area (Å²) in [5, 5.41) is 10.5. The largest absolute Gasteiger partial charge is 0.496 e. The molecule has 2 aliphatic rings. The van der Waals surface area contributed by atoms with Crippen molar-refractivity contribution in [2.24, 2.45) is 5.41 Å². The quantitative estimate of drug-likeness (QED) is 0.272. The molecule has 3 heterocycles. The molecule has 0 aliphatic carbocycles. The van der Waals surface area contributed by atoms with Gasteiger partial charge in [0, 0.05) is 48.8 Å². The topological polar surface area (TPSA) is 138 Å². The number of ketones is 1. The summed E-state index contributed by atoms with van der Waals surface area (Å²) in [5.74, 6) is 0.464. The van der Waals surface area contributed by atoms with Gasteiger partial charge in [0.1, 0.15) is 23.9 Å². The van der Waals surface area contributed by atoms with E-state index in [0.29, 0.717) is 65.7 Å². The minimum Gasteiger partial charge on any atom is -0.496 e. The second kappa shape index (κ2) is 15.0. The Bertz CT molecular complexity index is 1660. The lowest BCUT2D eigenvalue weighted by molar-refractivity contribution is -0.143. The van der Waals surface area contributed by atoms with Gasteiger partial charge >= 0.3 is 0 Å². The number of methoxy groups -OCH3 is 1. The number of amides is 2. The number of carbonyl (C=O) groups excluding carboxylic acids is 3. The van der Waals surface area contributed by atoms with Gasteiger partial charge in [0.05, 0.1) is 48.6 Å². The maximum Gasteiger partial charge on any atom is 0.246 e. The second-order valence-corrected chi connectivity index (χ2v) is 13.9. The predicted molar refractivity (Wildman–Crippen MR) is 187 cm³/mol. The van der Waals surface area contributed by atoms with Crippen LogP contribution in [0.1, 0.15) is 46.1 Å². The first-order valence-electron chi connectivity index (χ1n) is 16.4. The molecule has 2 aliphatic heterocycles. The number of hydrogen-bond donors (Lipinski definition) is 3. The molecule has 5 rings (SSSR count). The highest BCUT2D eigenvalue weighted by Crippen LogP contribution is 2.34. The zero-order chi connectivity index (χ0) is 34.6. The minimum absolute atomic E-state index is 0.0469. The smallest absolute Gasteiger partial charge is 0.246 e. The highest BCUT2D eigenvalue weighted by molar-refractivity contribution is 6.33. The maximum atomic E-state index is 13.9. The highest BCUT2D eigenvalue weighted by atomic mass is 35.5. The number of rotatable bonds is 11. The van der Waals surface area contributed by atoms with Crippen LogP contribution in [0.5, 0.6) is 5.75 Å². The van der Waals surface area contributed by atoms with E-state index in [-0.39, 0.29) is 24.0 Å². The van der Waals surface area contributed by atoms with Crippen LogP contribution in [0.25, 0.3) is 10.9 Å². The Morgan fingerprint density at radius 2 is 1.85 bits per heavy atom. The van der Waals surface area contributed by atoms with Crippen LogP contribution in [-0.2, 0) is 25.5 Å². The van der Waals surface area contributed by atoms with Crippen LogP contribution in [-0.4, -0.2) is 97.6 Å². The van der Waals surface area contributed by atoms with Crippen molar-refractivity contribution in [2.75, 3.05) is 57.2 Å². The lowest BCUT2D eigenvalue weighted by Crippen LogP contribution is -2.58. The molecule has 2 saturated heterocycles. The Kier molecular flexibility index (Phi) is 11.1. The summed E-state index contributed by atoms with van der Waals surface area (Å²) in [4.78, 5) is 53.4. The zero-order valence-electron chi connectivity index (χ0n) is 28.6. The molecule has 0 unspecified atom stereocenters. The summed E-state index contributed by atoms with van der Waals surface area (Å²) >= 11 is 6.69. The van der Waals surface area contributed by atoms with E-state index in [1.807, 2.05) is 45.0 Å². The number of benzene rings is 2. The Balaban J connectivity index is 1.37. The number of nitrogens with zero attached hydrogens (tertiary/aromatic N) is 4. The van der Waals surface area contributed by atoms with Gasteiger partial charge < -0.3 is 35.2 Å². The second-order valence-electron chi connectivity index (χ2n) is 13.4. The molecule has 2 aromatic carbocycles. The number of likely N-dealkylation sites (N-methyl/N-ethyl adjacent to an activating group) is 1. The fourth-order valence-electron chi connectivity index (χ4n) is 6.22. The van der Waals surface area contributed by atoms with E-state index in [9.17, 15) is 14.4 Å². The monoisotopic (exact) mass is 679 g/mol. The van der Waals surface area contributed by atoms with Gasteiger partial charge in [0.25, 0.3) is 0 Å². The van der Waals surface area contributed by atoms with Gasteiger partial charge in [0.15, 0.2) is 5.78 Å². The minimum atomic E-state index is -0.786. The van der Waals surface area contributed by atoms with Gasteiger partial charge in [-0.2, -0.15) is 0 Å². The molecule has 258 valence electrons. The molecule has 13 heteroatoms. The Morgan fingerprint density at radius 1 is 1.10 bits per heavy atom. The lowest BCUT2D eigenvalue weighted by atomic mass is 9.85. The van der Waals surface area contributed by atoms with Crippen LogP contribution in [0, 0.1) is 5.41 Å². The number of likely N-dealkylation sites (tertiary alicyclic amines) is 1. The van der Waals surface area contributed by atoms with Crippen molar-refractivity contribution in [2.45, 2.75) is 65.1 Å². The number of halogens is 1. The van der Waals surface area contributed by atoms with Crippen molar-refractivity contribution < 1.29 is 23.9 Å². The number of hydrogen-bond acceptors (Lipinski definition) is 10. The Hall–Kier alpha value is -4.00. The molecule has 0 saturated carbocycles. The summed E-state index contributed by atoms with van der Waals surface area (Å²) in [6.45, 7) is 10.8. The molecule has 2 amide bonds. The third kappa shape index (κ3) is 7.82. The van der Waals surface area contributed by atoms with Crippen LogP contribution in [0.15, 0.2) is 36.7 Å². The van der Waals surface area contributed by atoms with Gasteiger partial charge in [-0.25, -0.2) is 9.97 Å². The normalized spacial score (nSPS) is 18.0. The van der Waals surface area contributed by atoms with Gasteiger partial charge in [-0.15, -0.1) is 0 Å². The molecule has 0 radical (unpaired) electrons. The average Bonchev–Trinajstić information content (AvgIpc) is 3.57. The molecule has 0 bridgehead atoms. The van der Waals surface area contributed by atoms with E-state index in [1.54, 1.807) is 32.0 Å². The average molecular weight is 680 g/mol. The molecule has 3 N–H and O–H groups in total. The van der Waals surface area contributed by atoms with Crippen LogP contribution in [0.4, 0.5) is 17.2 Å². The Labute approximate surface area is 286 Å². The van der Waals surface area contributed by atoms with Crippen molar-refractivity contribution in [3.8, 4) is 5.75 Å². The molecule has 12 nitrogen and oxygen atoms in total. The van der Waals surface area contributed by atoms with Gasteiger partial charge in [0.2, 0.25) is 11.8 Å². The summed E-state index contributed by atoms with van der Waals surface area (Å²) in [7, 11) is 3.25. The molecule has 3 aromatic rings. The number of anilines is 3. The van der Waals surface area contributed by atoms with Gasteiger partial charge in [-0.1, -0.05) is 32.4 Å². The maximum absolute atomic E-state index is 13.9. The molecule has 48 heavy (non-hydrogen) atoms. The molecule has 0 spiro atoms. The van der Waals surface area contributed by atoms with Crippen molar-refractivity contribution >= 4 is 57.3 Å². The third-order valence-corrected chi connectivity index (χ3v) is 9.40. The van der Waals surface area contributed by atoms with Crippen LogP contribution >= 0.6 is 11.6 Å². The van der Waals surface area contributed by atoms with E-state index >= 15 is 0 Å². The van der Waals surface area contributed by atoms with Crippen LogP contribution in [0.3, 0.4) is 0 Å². The predicted octanol–water partition coefficient (Wildman–Crippen LogP) is 4.11. The first kappa shape index (κ1) is 35.3. The van der Waals surface area contributed by atoms with E-state index in [4.69, 9.17) is 21.1 Å². The van der Waals surface area contributed by atoms with Crippen molar-refractivity contribution in [3.05, 3.63) is 47.2 Å². The summed E-state index contributed by atoms with van der Waals surface area (Å²) < 4.78 is 11.2. The first-order valence-corrected chi connectivity index (χ1v) is 16.8. The third-order valence-electron chi connectivity index (χ3n) is 9.10. The van der Waals surface area contributed by atoms with Crippen LogP contribution < -0.4 is 25.6 Å². The number of ether oxygens (including phenoxy) is 2. The Morgan fingerprint density at radius 3 is 2.52 bits per heavy atom. The van der Waals surface area contributed by atoms with Gasteiger partial charge in [-0.05, 0) is 56.5 Å². The number of Topliss-reactive ketones (excluding diaryl/α,β-unsaturated/α-hetero) is 1. The molecule has 1 aromatic heterocycles. The summed E-state index contributed by atoms with van der Waals surface area (Å²) in [6.07, 6.45) is 2.77. The molecule has 2 fully saturated rings. The summed E-state index contributed by atoms with van der Waals surface area (Å²) in [6, 6.07) is 7.61. The van der Waals surface area contributed by atoms with Crippen molar-refractivity contribution in [3.63, 3.8) is 0 Å². The number of aromatic nitrogens is 2. The van der Waals surface area contributed by atoms with E-state index in [1.165, 1.54) is 6.33 Å². The van der Waals surface area contributed by atoms with Gasteiger partial charge in [-0.3, -0.25) is 14.4 Å². The van der Waals surface area contributed by atoms with E-state index < -0.39 is 23.5 Å². The van der Waals surface area contributed by atoms with Crippen molar-refractivity contribution in [1.82, 2.24) is 25.5 Å². The van der Waals surface area contributed by atoms with E-state index in [0.717, 1.165) is 24.5 Å². The van der Waals surface area contributed by atoms with E-state index in [2.05, 4.69) is 30.8 Å². The lowest BCUT2D eigenvalue weighted by Gasteiger charge is -2.36.